The van der Waals surface area contributed by atoms with Crippen molar-refractivity contribution >= 4 is 23.1 Å². The number of rotatable bonds is 4. The Morgan fingerprint density at radius 1 is 1.43 bits per heavy atom. The summed E-state index contributed by atoms with van der Waals surface area (Å²) in [4.78, 5) is 0.921. The number of aromatic nitrogens is 2. The molecule has 0 aliphatic carbocycles. The van der Waals surface area contributed by atoms with Gasteiger partial charge in [0, 0.05) is 5.41 Å². The topological polar surface area (TPSA) is 63.8 Å². The summed E-state index contributed by atoms with van der Waals surface area (Å²) in [5.74, 6) is 5.25. The molecule has 7 heteroatoms. The first-order valence-electron chi connectivity index (χ1n) is 6.56. The molecular weight excluding hydrogens is 311 g/mol. The van der Waals surface area contributed by atoms with Crippen molar-refractivity contribution in [1.82, 2.24) is 15.0 Å². The molecule has 1 aromatic heterocycles. The Hall–Kier alpha value is -1.08. The molecule has 1 heterocycles. The maximum atomic E-state index is 14.0. The number of nitrogens with zero attached hydrogens (tertiary/aromatic N) is 2. The van der Waals surface area contributed by atoms with E-state index in [2.05, 4.69) is 35.8 Å². The highest BCUT2D eigenvalue weighted by Crippen LogP contribution is 2.32. The lowest BCUT2D eigenvalue weighted by molar-refractivity contribution is 0.506. The van der Waals surface area contributed by atoms with Gasteiger partial charge in [-0.3, -0.25) is 11.3 Å². The summed E-state index contributed by atoms with van der Waals surface area (Å²) in [5, 5.41) is 4.30. The minimum Gasteiger partial charge on any atom is -0.271 e. The first kappa shape index (κ1) is 16.3. The van der Waals surface area contributed by atoms with Gasteiger partial charge in [-0.1, -0.05) is 49.0 Å². The molecule has 0 fully saturated rings. The second-order valence-electron chi connectivity index (χ2n) is 5.87. The van der Waals surface area contributed by atoms with Crippen LogP contribution in [-0.2, 0) is 11.8 Å². The Kier molecular flexibility index (Phi) is 4.93. The second-order valence-corrected chi connectivity index (χ2v) is 7.07. The van der Waals surface area contributed by atoms with E-state index in [-0.39, 0.29) is 16.5 Å². The van der Waals surface area contributed by atoms with Crippen LogP contribution in [0.4, 0.5) is 4.39 Å². The molecular formula is C14H18ClFN4S. The van der Waals surface area contributed by atoms with Crippen molar-refractivity contribution in [2.45, 2.75) is 38.6 Å². The minimum atomic E-state index is -0.408. The van der Waals surface area contributed by atoms with E-state index in [1.165, 1.54) is 17.6 Å². The molecule has 0 radical (unpaired) electrons. The van der Waals surface area contributed by atoms with Gasteiger partial charge in [-0.15, -0.1) is 5.10 Å². The summed E-state index contributed by atoms with van der Waals surface area (Å²) in [5.41, 5.74) is 3.97. The van der Waals surface area contributed by atoms with Crippen LogP contribution in [0.5, 0.6) is 0 Å². The molecule has 3 N–H and O–H groups in total. The number of nitrogens with one attached hydrogen (secondary N) is 1. The molecule has 114 valence electrons. The number of hydrogen-bond acceptors (Lipinski definition) is 5. The molecule has 4 nitrogen and oxygen atoms in total. The third-order valence-corrected chi connectivity index (χ3v) is 4.33. The Balaban J connectivity index is 2.33. The predicted molar refractivity (Wildman–Crippen MR) is 83.8 cm³/mol. The van der Waals surface area contributed by atoms with E-state index >= 15 is 0 Å². The van der Waals surface area contributed by atoms with Gasteiger partial charge in [0.25, 0.3) is 0 Å². The Morgan fingerprint density at radius 3 is 2.76 bits per heavy atom. The van der Waals surface area contributed by atoms with Gasteiger partial charge in [-0.25, -0.2) is 4.39 Å². The standard InChI is InChI=1S/C14H18ClFN4S/c1-14(2,3)13-12(21-20-19-13)10(18-17)7-8-5-4-6-9(15)11(8)16/h4-6,10,18H,7,17H2,1-3H3. The van der Waals surface area contributed by atoms with E-state index in [4.69, 9.17) is 17.4 Å². The summed E-state index contributed by atoms with van der Waals surface area (Å²) in [6.07, 6.45) is 0.385. The van der Waals surface area contributed by atoms with Crippen LogP contribution in [-0.4, -0.2) is 9.59 Å². The Morgan fingerprint density at radius 2 is 2.14 bits per heavy atom. The van der Waals surface area contributed by atoms with E-state index in [0.717, 1.165) is 10.6 Å². The lowest BCUT2D eigenvalue weighted by Gasteiger charge is -2.21. The third-order valence-electron chi connectivity index (χ3n) is 3.20. The van der Waals surface area contributed by atoms with E-state index < -0.39 is 5.82 Å². The highest BCUT2D eigenvalue weighted by Gasteiger charge is 2.27. The summed E-state index contributed by atoms with van der Waals surface area (Å²) in [7, 11) is 0. The van der Waals surface area contributed by atoms with Crippen LogP contribution in [0.15, 0.2) is 18.2 Å². The molecule has 0 aliphatic rings. The van der Waals surface area contributed by atoms with Gasteiger partial charge in [0.2, 0.25) is 0 Å². The van der Waals surface area contributed by atoms with Gasteiger partial charge in [-0.2, -0.15) is 0 Å². The van der Waals surface area contributed by atoms with Crippen molar-refractivity contribution in [3.8, 4) is 0 Å². The fraction of sp³-hybridized carbons (Fsp3) is 0.429. The Labute approximate surface area is 132 Å². The monoisotopic (exact) mass is 328 g/mol. The zero-order chi connectivity index (χ0) is 15.6. The van der Waals surface area contributed by atoms with Gasteiger partial charge >= 0.3 is 0 Å². The summed E-state index contributed by atoms with van der Waals surface area (Å²) >= 11 is 7.10. The second kappa shape index (κ2) is 6.36. The molecule has 2 aromatic rings. The molecule has 0 bridgehead atoms. The van der Waals surface area contributed by atoms with Crippen molar-refractivity contribution in [2.24, 2.45) is 5.84 Å². The number of benzene rings is 1. The van der Waals surface area contributed by atoms with Crippen LogP contribution in [0.25, 0.3) is 0 Å². The SMILES string of the molecule is CC(C)(C)c1nnsc1C(Cc1cccc(Cl)c1F)NN. The van der Waals surface area contributed by atoms with E-state index in [1.807, 2.05) is 0 Å². The molecule has 21 heavy (non-hydrogen) atoms. The van der Waals surface area contributed by atoms with Gasteiger partial charge in [0.15, 0.2) is 0 Å². The smallest absolute Gasteiger partial charge is 0.145 e. The largest absolute Gasteiger partial charge is 0.271 e. The maximum absolute atomic E-state index is 14.0. The molecule has 0 saturated heterocycles. The zero-order valence-corrected chi connectivity index (χ0v) is 13.7. The fourth-order valence-electron chi connectivity index (χ4n) is 2.10. The third kappa shape index (κ3) is 3.58. The first-order valence-corrected chi connectivity index (χ1v) is 7.71. The van der Waals surface area contributed by atoms with Gasteiger partial charge in [-0.05, 0) is 29.6 Å². The molecule has 0 amide bonds. The number of hydrogen-bond donors (Lipinski definition) is 2. The molecule has 2 rings (SSSR count). The van der Waals surface area contributed by atoms with Crippen LogP contribution in [0, 0.1) is 5.82 Å². The van der Waals surface area contributed by atoms with E-state index in [1.54, 1.807) is 12.1 Å². The normalized spacial score (nSPS) is 13.4. The molecule has 0 spiro atoms. The van der Waals surface area contributed by atoms with Crippen molar-refractivity contribution in [3.05, 3.63) is 45.2 Å². The highest BCUT2D eigenvalue weighted by atomic mass is 35.5. The van der Waals surface area contributed by atoms with Crippen LogP contribution in [0.1, 0.15) is 42.9 Å². The van der Waals surface area contributed by atoms with Crippen molar-refractivity contribution in [2.75, 3.05) is 0 Å². The molecule has 0 aliphatic heterocycles. The number of hydrazine groups is 1. The number of nitrogens with two attached hydrogens (primary N) is 1. The van der Waals surface area contributed by atoms with Crippen molar-refractivity contribution < 1.29 is 4.39 Å². The van der Waals surface area contributed by atoms with Crippen LogP contribution >= 0.6 is 23.1 Å². The number of halogens is 2. The molecule has 1 unspecified atom stereocenters. The van der Waals surface area contributed by atoms with Crippen molar-refractivity contribution in [3.63, 3.8) is 0 Å². The average molecular weight is 329 g/mol. The molecule has 0 saturated carbocycles. The molecule has 1 aromatic carbocycles. The van der Waals surface area contributed by atoms with E-state index in [0.29, 0.717) is 12.0 Å². The predicted octanol–water partition coefficient (Wildman–Crippen LogP) is 3.38. The minimum absolute atomic E-state index is 0.113. The molecule has 1 atom stereocenters. The summed E-state index contributed by atoms with van der Waals surface area (Å²) in [6.45, 7) is 6.17. The van der Waals surface area contributed by atoms with Crippen LogP contribution in [0.2, 0.25) is 5.02 Å². The first-order chi connectivity index (χ1) is 9.84. The van der Waals surface area contributed by atoms with Gasteiger partial charge in [0.05, 0.1) is 21.6 Å². The maximum Gasteiger partial charge on any atom is 0.145 e. The van der Waals surface area contributed by atoms with Crippen molar-refractivity contribution in [1.29, 1.82) is 0 Å². The van der Waals surface area contributed by atoms with E-state index in [9.17, 15) is 4.39 Å². The van der Waals surface area contributed by atoms with Gasteiger partial charge in [0.1, 0.15) is 5.82 Å². The fourth-order valence-corrected chi connectivity index (χ4v) is 3.22. The lowest BCUT2D eigenvalue weighted by atomic mass is 9.89. The zero-order valence-electron chi connectivity index (χ0n) is 12.2. The van der Waals surface area contributed by atoms with Crippen LogP contribution in [0.3, 0.4) is 0 Å². The highest BCUT2D eigenvalue weighted by molar-refractivity contribution is 7.05. The summed E-state index contributed by atoms with van der Waals surface area (Å²) < 4.78 is 18.1. The quantitative estimate of drug-likeness (QED) is 0.667. The summed E-state index contributed by atoms with van der Waals surface area (Å²) in [6, 6.07) is 4.70. The average Bonchev–Trinajstić information content (AvgIpc) is 2.89. The lowest BCUT2D eigenvalue weighted by Crippen LogP contribution is -2.31. The van der Waals surface area contributed by atoms with Crippen LogP contribution < -0.4 is 11.3 Å². The van der Waals surface area contributed by atoms with Gasteiger partial charge < -0.3 is 0 Å². The Bertz CT molecular complexity index is 624.